The number of hydrogen-bond acceptors (Lipinski definition) is 3. The minimum atomic E-state index is -0.838. The molecule has 0 aliphatic heterocycles. The number of rotatable bonds is 4. The van der Waals surface area contributed by atoms with Gasteiger partial charge in [0.2, 0.25) is 5.82 Å². The van der Waals surface area contributed by atoms with E-state index in [1.165, 1.54) is 31.7 Å². The average molecular weight is 265 g/mol. The Morgan fingerprint density at radius 1 is 1.37 bits per heavy atom. The Morgan fingerprint density at radius 3 is 2.79 bits per heavy atom. The van der Waals surface area contributed by atoms with Crippen molar-refractivity contribution in [2.75, 3.05) is 6.61 Å². The van der Waals surface area contributed by atoms with E-state index in [1.54, 1.807) is 0 Å². The van der Waals surface area contributed by atoms with Gasteiger partial charge < -0.3 is 4.74 Å². The number of hydrogen-bond donors (Lipinski definition) is 0. The van der Waals surface area contributed by atoms with Crippen LogP contribution in [0.15, 0.2) is 18.2 Å². The van der Waals surface area contributed by atoms with Crippen molar-refractivity contribution in [3.8, 4) is 5.75 Å². The summed E-state index contributed by atoms with van der Waals surface area (Å²) in [6, 6.07) is 3.73. The standard InChI is InChI=1S/C14H16FNO3/c15-13-7-12(3-4-14(13)16(17)18)19-8-11-6-9-1-2-10(11)5-9/h3-4,7,9-11H,1-2,5-6,8H2. The number of ether oxygens (including phenoxy) is 1. The minimum absolute atomic E-state index is 0.380. The van der Waals surface area contributed by atoms with Crippen molar-refractivity contribution < 1.29 is 14.1 Å². The molecule has 0 aromatic heterocycles. The number of nitro benzene ring substituents is 1. The van der Waals surface area contributed by atoms with Crippen molar-refractivity contribution in [3.63, 3.8) is 0 Å². The SMILES string of the molecule is O=[N+]([O-])c1ccc(OCC2CC3CCC2C3)cc1F. The average Bonchev–Trinajstić information content (AvgIpc) is 2.98. The van der Waals surface area contributed by atoms with Gasteiger partial charge in [0.05, 0.1) is 11.5 Å². The lowest BCUT2D eigenvalue weighted by Crippen LogP contribution is -2.18. The van der Waals surface area contributed by atoms with E-state index in [-0.39, 0.29) is 0 Å². The molecule has 1 aromatic rings. The van der Waals surface area contributed by atoms with Gasteiger partial charge in [0, 0.05) is 12.1 Å². The van der Waals surface area contributed by atoms with Gasteiger partial charge in [0.1, 0.15) is 5.75 Å². The van der Waals surface area contributed by atoms with Gasteiger partial charge in [-0.25, -0.2) is 0 Å². The van der Waals surface area contributed by atoms with Crippen molar-refractivity contribution >= 4 is 5.69 Å². The maximum atomic E-state index is 13.4. The molecule has 2 aliphatic carbocycles. The first-order chi connectivity index (χ1) is 9.13. The summed E-state index contributed by atoms with van der Waals surface area (Å²) in [4.78, 5) is 9.78. The molecule has 0 amide bonds. The highest BCUT2D eigenvalue weighted by Crippen LogP contribution is 2.48. The summed E-state index contributed by atoms with van der Waals surface area (Å²) in [6.45, 7) is 0.596. The van der Waals surface area contributed by atoms with Gasteiger partial charge in [-0.05, 0) is 43.1 Å². The maximum Gasteiger partial charge on any atom is 0.305 e. The molecule has 102 valence electrons. The molecular weight excluding hydrogens is 249 g/mol. The zero-order chi connectivity index (χ0) is 13.4. The van der Waals surface area contributed by atoms with Crippen molar-refractivity contribution in [1.82, 2.24) is 0 Å². The lowest BCUT2D eigenvalue weighted by molar-refractivity contribution is -0.387. The number of nitro groups is 1. The number of nitrogens with zero attached hydrogens (tertiary/aromatic N) is 1. The Kier molecular flexibility index (Phi) is 3.12. The minimum Gasteiger partial charge on any atom is -0.493 e. The molecule has 0 spiro atoms. The highest BCUT2D eigenvalue weighted by molar-refractivity contribution is 5.37. The molecule has 3 unspecified atom stereocenters. The second-order valence-electron chi connectivity index (χ2n) is 5.62. The van der Waals surface area contributed by atoms with Crippen LogP contribution in [-0.4, -0.2) is 11.5 Å². The van der Waals surface area contributed by atoms with E-state index < -0.39 is 16.4 Å². The van der Waals surface area contributed by atoms with Crippen molar-refractivity contribution in [2.24, 2.45) is 17.8 Å². The van der Waals surface area contributed by atoms with Crippen LogP contribution in [0, 0.1) is 33.7 Å². The summed E-state index contributed by atoms with van der Waals surface area (Å²) in [6.07, 6.45) is 5.14. The summed E-state index contributed by atoms with van der Waals surface area (Å²) >= 11 is 0. The first-order valence-electron chi connectivity index (χ1n) is 6.70. The Balaban J connectivity index is 1.61. The van der Waals surface area contributed by atoms with Gasteiger partial charge in [0.15, 0.2) is 0 Å². The fraction of sp³-hybridized carbons (Fsp3) is 0.571. The van der Waals surface area contributed by atoms with Gasteiger partial charge in [-0.3, -0.25) is 10.1 Å². The van der Waals surface area contributed by atoms with E-state index in [1.807, 2.05) is 0 Å². The van der Waals surface area contributed by atoms with Crippen LogP contribution in [0.5, 0.6) is 5.75 Å². The highest BCUT2D eigenvalue weighted by atomic mass is 19.1. The summed E-state index contributed by atoms with van der Waals surface area (Å²) in [5, 5.41) is 10.5. The first kappa shape index (κ1) is 12.4. The van der Waals surface area contributed by atoms with E-state index >= 15 is 0 Å². The molecular formula is C14H16FNO3. The molecule has 2 aliphatic rings. The smallest absolute Gasteiger partial charge is 0.305 e. The zero-order valence-corrected chi connectivity index (χ0v) is 10.5. The summed E-state index contributed by atoms with van der Waals surface area (Å²) in [5.74, 6) is 1.72. The van der Waals surface area contributed by atoms with Crippen LogP contribution in [0.4, 0.5) is 10.1 Å². The summed E-state index contributed by atoms with van der Waals surface area (Å²) in [5.41, 5.74) is -0.507. The zero-order valence-electron chi connectivity index (χ0n) is 10.5. The van der Waals surface area contributed by atoms with E-state index in [0.717, 1.165) is 24.0 Å². The Morgan fingerprint density at radius 2 is 2.21 bits per heavy atom. The molecule has 1 aromatic carbocycles. The van der Waals surface area contributed by atoms with Gasteiger partial charge in [-0.1, -0.05) is 6.42 Å². The van der Waals surface area contributed by atoms with Crippen molar-refractivity contribution in [1.29, 1.82) is 0 Å². The van der Waals surface area contributed by atoms with Crippen LogP contribution < -0.4 is 4.74 Å². The molecule has 3 atom stereocenters. The third-order valence-electron chi connectivity index (χ3n) is 4.46. The predicted octanol–water partition coefficient (Wildman–Crippen LogP) is 3.55. The molecule has 0 N–H and O–H groups in total. The second-order valence-corrected chi connectivity index (χ2v) is 5.62. The van der Waals surface area contributed by atoms with Crippen molar-refractivity contribution in [3.05, 3.63) is 34.1 Å². The largest absolute Gasteiger partial charge is 0.493 e. The van der Waals surface area contributed by atoms with Crippen LogP contribution in [0.1, 0.15) is 25.7 Å². The molecule has 3 rings (SSSR count). The maximum absolute atomic E-state index is 13.4. The van der Waals surface area contributed by atoms with Crippen LogP contribution in [0.25, 0.3) is 0 Å². The fourth-order valence-corrected chi connectivity index (χ4v) is 3.51. The van der Waals surface area contributed by atoms with Gasteiger partial charge in [-0.15, -0.1) is 0 Å². The Bertz CT molecular complexity index is 505. The van der Waals surface area contributed by atoms with Gasteiger partial charge in [0.25, 0.3) is 0 Å². The number of fused-ring (bicyclic) bond motifs is 2. The van der Waals surface area contributed by atoms with E-state index in [2.05, 4.69) is 0 Å². The molecule has 0 heterocycles. The molecule has 19 heavy (non-hydrogen) atoms. The summed E-state index contributed by atoms with van der Waals surface area (Å²) in [7, 11) is 0. The Labute approximate surface area is 110 Å². The molecule has 2 fully saturated rings. The van der Waals surface area contributed by atoms with Crippen LogP contribution in [-0.2, 0) is 0 Å². The van der Waals surface area contributed by atoms with Gasteiger partial charge in [-0.2, -0.15) is 4.39 Å². The lowest BCUT2D eigenvalue weighted by Gasteiger charge is -2.21. The van der Waals surface area contributed by atoms with Gasteiger partial charge >= 0.3 is 5.69 Å². The van der Waals surface area contributed by atoms with Crippen LogP contribution in [0.2, 0.25) is 0 Å². The third-order valence-corrected chi connectivity index (χ3v) is 4.46. The monoisotopic (exact) mass is 265 g/mol. The molecule has 2 bridgehead atoms. The third kappa shape index (κ3) is 2.41. The topological polar surface area (TPSA) is 52.4 Å². The second kappa shape index (κ2) is 4.79. The van der Waals surface area contributed by atoms with Crippen LogP contribution in [0.3, 0.4) is 0 Å². The number of halogens is 1. The molecule has 0 radical (unpaired) electrons. The van der Waals surface area contributed by atoms with E-state index in [9.17, 15) is 14.5 Å². The molecule has 2 saturated carbocycles. The van der Waals surface area contributed by atoms with Crippen LogP contribution >= 0.6 is 0 Å². The predicted molar refractivity (Wildman–Crippen MR) is 67.5 cm³/mol. The summed E-state index contributed by atoms with van der Waals surface area (Å²) < 4.78 is 19.0. The fourth-order valence-electron chi connectivity index (χ4n) is 3.51. The number of benzene rings is 1. The quantitative estimate of drug-likeness (QED) is 0.618. The Hall–Kier alpha value is -1.65. The van der Waals surface area contributed by atoms with E-state index in [4.69, 9.17) is 4.74 Å². The van der Waals surface area contributed by atoms with E-state index in [0.29, 0.717) is 18.3 Å². The molecule has 4 nitrogen and oxygen atoms in total. The molecule has 5 heteroatoms. The first-order valence-corrected chi connectivity index (χ1v) is 6.70. The molecule has 0 saturated heterocycles. The normalized spacial score (nSPS) is 28.6. The lowest BCUT2D eigenvalue weighted by atomic mass is 9.89. The highest BCUT2D eigenvalue weighted by Gasteiger charge is 2.39. The van der Waals surface area contributed by atoms with Crippen molar-refractivity contribution in [2.45, 2.75) is 25.7 Å².